The van der Waals surface area contributed by atoms with Crippen molar-refractivity contribution < 1.29 is 49.7 Å². The molecule has 2 saturated carbocycles. The van der Waals surface area contributed by atoms with Crippen LogP contribution in [0.3, 0.4) is 0 Å². The van der Waals surface area contributed by atoms with Gasteiger partial charge in [0.15, 0.2) is 5.78 Å². The molecule has 10 nitrogen and oxygen atoms in total. The molecule has 3 fully saturated rings. The molecule has 1 heterocycles. The predicted molar refractivity (Wildman–Crippen MR) is 130 cm³/mol. The van der Waals surface area contributed by atoms with Crippen LogP contribution in [0.15, 0.2) is 18.2 Å². The Balaban J connectivity index is 1.60. The molecule has 0 radical (unpaired) electrons. The number of aliphatic hydroxyl groups excluding tert-OH is 2. The molecular weight excluding hydrogens is 484 g/mol. The zero-order valence-electron chi connectivity index (χ0n) is 20.7. The van der Waals surface area contributed by atoms with Gasteiger partial charge in [0, 0.05) is 0 Å². The number of aryl methyl sites for hydroxylation is 1. The number of carboxylic acids is 1. The second-order valence-electron chi connectivity index (χ2n) is 10.8. The van der Waals surface area contributed by atoms with E-state index in [1.165, 1.54) is 13.0 Å². The lowest BCUT2D eigenvalue weighted by Crippen LogP contribution is -2.76. The number of benzene rings is 2. The van der Waals surface area contributed by atoms with Gasteiger partial charge in [-0.05, 0) is 68.5 Å². The van der Waals surface area contributed by atoms with Crippen LogP contribution in [0.1, 0.15) is 71.7 Å². The Hall–Kier alpha value is -2.76. The lowest BCUT2D eigenvalue weighted by atomic mass is 9.58. The van der Waals surface area contributed by atoms with Gasteiger partial charge >= 0.3 is 5.97 Å². The van der Waals surface area contributed by atoms with Crippen LogP contribution in [-0.4, -0.2) is 78.2 Å². The Labute approximate surface area is 213 Å². The Morgan fingerprint density at radius 2 is 1.78 bits per heavy atom. The average Bonchev–Trinajstić information content (AvgIpc) is 2.82. The summed E-state index contributed by atoms with van der Waals surface area (Å²) in [5.74, 6) is -2.45. The molecular formula is C27H32O10. The third kappa shape index (κ3) is 3.90. The number of phenols is 1. The first-order valence-electron chi connectivity index (χ1n) is 12.6. The van der Waals surface area contributed by atoms with Crippen LogP contribution < -0.4 is 4.74 Å². The number of phenolic OH excluding ortho intramolecular Hbond substituents is 1. The van der Waals surface area contributed by atoms with E-state index in [1.54, 1.807) is 13.0 Å². The van der Waals surface area contributed by atoms with Gasteiger partial charge in [-0.25, -0.2) is 4.79 Å². The summed E-state index contributed by atoms with van der Waals surface area (Å²) in [5, 5.41) is 65.8. The first-order valence-corrected chi connectivity index (χ1v) is 12.6. The summed E-state index contributed by atoms with van der Waals surface area (Å²) in [6.07, 6.45) is -3.05. The third-order valence-electron chi connectivity index (χ3n) is 8.49. The topological polar surface area (TPSA) is 174 Å². The summed E-state index contributed by atoms with van der Waals surface area (Å²) in [6.45, 7) is 2.90. The van der Waals surface area contributed by atoms with Crippen molar-refractivity contribution in [2.45, 2.75) is 88.2 Å². The van der Waals surface area contributed by atoms with Gasteiger partial charge in [0.1, 0.15) is 35.4 Å². The van der Waals surface area contributed by atoms with Crippen molar-refractivity contribution in [1.82, 2.24) is 0 Å². The number of carbonyl (C=O) groups is 2. The van der Waals surface area contributed by atoms with Crippen molar-refractivity contribution >= 4 is 22.5 Å². The van der Waals surface area contributed by atoms with E-state index >= 15 is 0 Å². The molecule has 6 N–H and O–H groups in total. The number of ketones is 1. The van der Waals surface area contributed by atoms with Gasteiger partial charge in [-0.15, -0.1) is 0 Å². The van der Waals surface area contributed by atoms with E-state index in [0.29, 0.717) is 24.8 Å². The van der Waals surface area contributed by atoms with Crippen LogP contribution >= 0.6 is 0 Å². The lowest BCUT2D eigenvalue weighted by Gasteiger charge is -2.59. The minimum Gasteiger partial charge on any atom is -0.506 e. The van der Waals surface area contributed by atoms with E-state index in [2.05, 4.69) is 0 Å². The molecule has 200 valence electrons. The number of aliphatic hydroxyl groups is 4. The zero-order valence-corrected chi connectivity index (χ0v) is 20.7. The molecule has 0 amide bonds. The van der Waals surface area contributed by atoms with E-state index in [4.69, 9.17) is 9.47 Å². The monoisotopic (exact) mass is 516 g/mol. The second-order valence-corrected chi connectivity index (χ2v) is 10.8. The highest BCUT2D eigenvalue weighted by atomic mass is 16.7. The van der Waals surface area contributed by atoms with E-state index in [1.807, 2.05) is 0 Å². The standard InChI is InChI=1S/C27H32O10/c1-12-9-14-10-15(23(32)33)11-17(19(14)20(29)18(12)13(2)28)36-24-21(30)22(31)27(35)8-6-16-5-3-4-7-26(16,34)25(27)37-24/h9-11,16,21-22,24-25,29-31,34-35H,3-8H2,1-2H3,(H,32,33). The van der Waals surface area contributed by atoms with Crippen molar-refractivity contribution in [3.8, 4) is 11.5 Å². The highest BCUT2D eigenvalue weighted by Gasteiger charge is 2.66. The number of carbonyl (C=O) groups excluding carboxylic acids is 1. The molecule has 2 aliphatic carbocycles. The van der Waals surface area contributed by atoms with Crippen LogP contribution in [0.4, 0.5) is 0 Å². The number of carboxylic acid groups (broad SMARTS) is 1. The van der Waals surface area contributed by atoms with Crippen molar-refractivity contribution in [3.63, 3.8) is 0 Å². The molecule has 37 heavy (non-hydrogen) atoms. The first kappa shape index (κ1) is 25.9. The van der Waals surface area contributed by atoms with Crippen LogP contribution in [0, 0.1) is 12.8 Å². The Morgan fingerprint density at radius 1 is 1.05 bits per heavy atom. The summed E-state index contributed by atoms with van der Waals surface area (Å²) < 4.78 is 11.9. The molecule has 7 atom stereocenters. The number of hydrogen-bond acceptors (Lipinski definition) is 9. The van der Waals surface area contributed by atoms with Gasteiger partial charge in [0.25, 0.3) is 0 Å². The maximum Gasteiger partial charge on any atom is 0.335 e. The van der Waals surface area contributed by atoms with Crippen molar-refractivity contribution in [1.29, 1.82) is 0 Å². The van der Waals surface area contributed by atoms with E-state index in [-0.39, 0.29) is 40.0 Å². The maximum atomic E-state index is 12.2. The summed E-state index contributed by atoms with van der Waals surface area (Å²) >= 11 is 0. The van der Waals surface area contributed by atoms with Crippen molar-refractivity contribution in [3.05, 3.63) is 34.9 Å². The number of hydrogen-bond donors (Lipinski definition) is 6. The molecule has 0 bridgehead atoms. The SMILES string of the molecule is CC(=O)c1c(C)cc2cc(C(=O)O)cc(OC3OC4C5(O)CCCCC5CCC4(O)C(O)C3O)c2c1O. The fraction of sp³-hybridized carbons (Fsp3) is 0.556. The molecule has 0 aromatic heterocycles. The van der Waals surface area contributed by atoms with Gasteiger partial charge in [0.2, 0.25) is 6.29 Å². The normalized spacial score (nSPS) is 35.5. The Morgan fingerprint density at radius 3 is 2.46 bits per heavy atom. The lowest BCUT2D eigenvalue weighted by molar-refractivity contribution is -0.361. The smallest absolute Gasteiger partial charge is 0.335 e. The summed E-state index contributed by atoms with van der Waals surface area (Å²) in [6, 6.07) is 4.00. The third-order valence-corrected chi connectivity index (χ3v) is 8.49. The Bertz CT molecular complexity index is 1270. The maximum absolute atomic E-state index is 12.2. The number of rotatable bonds is 4. The van der Waals surface area contributed by atoms with E-state index in [0.717, 1.165) is 18.9 Å². The minimum atomic E-state index is -1.91. The predicted octanol–water partition coefficient (Wildman–Crippen LogP) is 2.03. The first-order chi connectivity index (χ1) is 17.4. The van der Waals surface area contributed by atoms with Crippen molar-refractivity contribution in [2.24, 2.45) is 5.92 Å². The highest BCUT2D eigenvalue weighted by molar-refractivity contribution is 6.08. The molecule has 0 spiro atoms. The van der Waals surface area contributed by atoms with Gasteiger partial charge in [-0.2, -0.15) is 0 Å². The quantitative estimate of drug-likeness (QED) is 0.330. The molecule has 10 heteroatoms. The van der Waals surface area contributed by atoms with E-state index < -0.39 is 53.3 Å². The second kappa shape index (κ2) is 8.92. The van der Waals surface area contributed by atoms with Crippen LogP contribution in [-0.2, 0) is 4.74 Å². The number of ether oxygens (including phenoxy) is 2. The molecule has 1 aliphatic heterocycles. The number of aromatic carboxylic acids is 1. The number of aromatic hydroxyl groups is 1. The minimum absolute atomic E-state index is 0.0322. The summed E-state index contributed by atoms with van der Waals surface area (Å²) in [4.78, 5) is 24.0. The van der Waals surface area contributed by atoms with Crippen LogP contribution in [0.5, 0.6) is 11.5 Å². The van der Waals surface area contributed by atoms with Crippen molar-refractivity contribution in [2.75, 3.05) is 0 Å². The zero-order chi connectivity index (χ0) is 26.9. The van der Waals surface area contributed by atoms with Crippen LogP contribution in [0.25, 0.3) is 10.8 Å². The highest BCUT2D eigenvalue weighted by Crippen LogP contribution is 2.52. The number of Topliss-reactive ketones (excluding diaryl/α,β-unsaturated/α-hetero) is 1. The molecule has 1 saturated heterocycles. The molecule has 5 rings (SSSR count). The van der Waals surface area contributed by atoms with Crippen LogP contribution in [0.2, 0.25) is 0 Å². The van der Waals surface area contributed by atoms with Gasteiger partial charge in [-0.1, -0.05) is 18.9 Å². The van der Waals surface area contributed by atoms with E-state index in [9.17, 15) is 40.2 Å². The fourth-order valence-electron chi connectivity index (χ4n) is 6.66. The molecule has 3 aliphatic rings. The number of fused-ring (bicyclic) bond motifs is 4. The average molecular weight is 517 g/mol. The molecule has 2 aromatic rings. The fourth-order valence-corrected chi connectivity index (χ4v) is 6.66. The van der Waals surface area contributed by atoms with Gasteiger partial charge < -0.3 is 40.1 Å². The largest absolute Gasteiger partial charge is 0.506 e. The summed E-state index contributed by atoms with van der Waals surface area (Å²) in [5.41, 5.74) is -3.06. The summed E-state index contributed by atoms with van der Waals surface area (Å²) in [7, 11) is 0. The van der Waals surface area contributed by atoms with Gasteiger partial charge in [0.05, 0.1) is 22.1 Å². The molecule has 7 unspecified atom stereocenters. The van der Waals surface area contributed by atoms with Gasteiger partial charge in [-0.3, -0.25) is 4.79 Å². The Kier molecular flexibility index (Phi) is 6.24. The molecule has 2 aromatic carbocycles.